The fourth-order valence-corrected chi connectivity index (χ4v) is 8.75. The first kappa shape index (κ1) is 21.4. The van der Waals surface area contributed by atoms with Crippen LogP contribution in [0.3, 0.4) is 0 Å². The first-order chi connectivity index (χ1) is 19.6. The first-order valence-electron chi connectivity index (χ1n) is 13.6. The van der Waals surface area contributed by atoms with Crippen molar-refractivity contribution >= 4 is 119 Å². The Labute approximate surface area is 236 Å². The smallest absolute Gasteiger partial charge is 0.0751 e. The number of benzene rings is 6. The van der Waals surface area contributed by atoms with Crippen LogP contribution in [0.15, 0.2) is 95.7 Å². The summed E-state index contributed by atoms with van der Waals surface area (Å²) in [6.45, 7) is 0. The summed E-state index contributed by atoms with van der Waals surface area (Å²) in [5.41, 5.74) is 5.18. The molecule has 0 radical (unpaired) electrons. The largest absolute Gasteiger partial charge is 0.342 e. The number of nitrogens with zero attached hydrogens (tertiary/aromatic N) is 2. The fraction of sp³-hybridized carbons (Fsp3) is 0.0556. The molecule has 10 rings (SSSR count). The molecule has 188 valence electrons. The molecular formula is C36H22N2S2. The van der Waals surface area contributed by atoms with Gasteiger partial charge in [-0.2, -0.15) is 0 Å². The maximum Gasteiger partial charge on any atom is 0.0751 e. The second kappa shape index (κ2) is 7.22. The van der Waals surface area contributed by atoms with Crippen molar-refractivity contribution in [3.8, 4) is 0 Å². The second-order valence-corrected chi connectivity index (χ2v) is 13.2. The summed E-state index contributed by atoms with van der Waals surface area (Å²) in [6, 6.07) is 32.8. The lowest BCUT2D eigenvalue weighted by atomic mass is 10.0. The zero-order valence-corrected chi connectivity index (χ0v) is 23.6. The van der Waals surface area contributed by atoms with Gasteiger partial charge in [-0.1, -0.05) is 0 Å². The van der Waals surface area contributed by atoms with E-state index in [1.54, 1.807) is 0 Å². The third-order valence-electron chi connectivity index (χ3n) is 9.09. The van der Waals surface area contributed by atoms with Crippen molar-refractivity contribution in [2.45, 2.75) is 0 Å². The number of aryl methyl sites for hydroxylation is 2. The molecule has 0 fully saturated rings. The van der Waals surface area contributed by atoms with Gasteiger partial charge < -0.3 is 9.13 Å². The van der Waals surface area contributed by atoms with Crippen LogP contribution < -0.4 is 0 Å². The van der Waals surface area contributed by atoms with Gasteiger partial charge in [-0.15, -0.1) is 22.7 Å². The van der Waals surface area contributed by atoms with Crippen molar-refractivity contribution < 1.29 is 0 Å². The zero-order chi connectivity index (χ0) is 26.3. The standard InChI is InChI=1S/C36H22N2S2/c1-37-31-15-25-11-27-17-33-19(3-5-39-33)7-21(27)9-23(25)13-29(31)36-35(37)30-14-24-10-22-8-20-4-6-40-34(20)18-28(22)12-26(24)16-32(30)38(36)2/h3-18H,1-2H3. The zero-order valence-electron chi connectivity index (χ0n) is 21.9. The normalized spacial score (nSPS) is 12.8. The summed E-state index contributed by atoms with van der Waals surface area (Å²) in [6.07, 6.45) is 0. The van der Waals surface area contributed by atoms with E-state index in [9.17, 15) is 0 Å². The SMILES string of the molecule is Cn1c2cc3cc4cc5sccc5cc4cc3cc2c2c1c1cc3cc4cc5ccsc5cc4cc3cc1n2C. The molecule has 0 atom stereocenters. The second-order valence-electron chi connectivity index (χ2n) is 11.3. The van der Waals surface area contributed by atoms with Crippen LogP contribution in [0.5, 0.6) is 0 Å². The Morgan fingerprint density at radius 2 is 0.750 bits per heavy atom. The van der Waals surface area contributed by atoms with Crippen molar-refractivity contribution in [3.05, 3.63) is 95.7 Å². The number of rotatable bonds is 0. The van der Waals surface area contributed by atoms with Crippen molar-refractivity contribution in [3.63, 3.8) is 0 Å². The number of hydrogen-bond acceptors (Lipinski definition) is 2. The molecule has 0 unspecified atom stereocenters. The van der Waals surface area contributed by atoms with Gasteiger partial charge in [0.15, 0.2) is 0 Å². The van der Waals surface area contributed by atoms with Crippen LogP contribution in [0.4, 0.5) is 0 Å². The highest BCUT2D eigenvalue weighted by atomic mass is 32.1. The molecule has 4 heteroatoms. The van der Waals surface area contributed by atoms with Crippen molar-refractivity contribution in [2.24, 2.45) is 14.1 Å². The van der Waals surface area contributed by atoms with Gasteiger partial charge in [0.05, 0.1) is 22.1 Å². The van der Waals surface area contributed by atoms with Gasteiger partial charge in [0, 0.05) is 34.3 Å². The van der Waals surface area contributed by atoms with Crippen LogP contribution >= 0.6 is 22.7 Å². The molecule has 4 heterocycles. The topological polar surface area (TPSA) is 9.86 Å². The summed E-state index contributed by atoms with van der Waals surface area (Å²) in [5.74, 6) is 0. The van der Waals surface area contributed by atoms with E-state index in [1.165, 1.54) is 96.1 Å². The van der Waals surface area contributed by atoms with E-state index in [0.29, 0.717) is 0 Å². The lowest BCUT2D eigenvalue weighted by Gasteiger charge is -2.08. The minimum atomic E-state index is 1.28. The molecule has 4 aromatic heterocycles. The maximum atomic E-state index is 2.41. The Bertz CT molecular complexity index is 2540. The number of thiophene rings is 2. The predicted octanol–water partition coefficient (Wildman–Crippen LogP) is 10.9. The van der Waals surface area contributed by atoms with E-state index in [0.717, 1.165) is 0 Å². The number of hydrogen-bond donors (Lipinski definition) is 0. The quantitative estimate of drug-likeness (QED) is 0.167. The molecule has 0 aliphatic heterocycles. The fourth-order valence-electron chi connectivity index (χ4n) is 7.11. The lowest BCUT2D eigenvalue weighted by Crippen LogP contribution is -1.89. The Morgan fingerprint density at radius 1 is 0.400 bits per heavy atom. The van der Waals surface area contributed by atoms with Gasteiger partial charge in [-0.05, 0) is 150 Å². The summed E-state index contributed by atoms with van der Waals surface area (Å²) in [5, 5.41) is 20.1. The van der Waals surface area contributed by atoms with Gasteiger partial charge in [0.2, 0.25) is 0 Å². The molecule has 0 saturated carbocycles. The third kappa shape index (κ3) is 2.68. The minimum absolute atomic E-state index is 1.28. The van der Waals surface area contributed by atoms with Crippen LogP contribution in [0.1, 0.15) is 0 Å². The van der Waals surface area contributed by atoms with E-state index in [1.807, 2.05) is 22.7 Å². The predicted molar refractivity (Wildman–Crippen MR) is 178 cm³/mol. The first-order valence-corrected chi connectivity index (χ1v) is 15.4. The van der Waals surface area contributed by atoms with Crippen LogP contribution in [0, 0.1) is 0 Å². The molecule has 40 heavy (non-hydrogen) atoms. The lowest BCUT2D eigenvalue weighted by molar-refractivity contribution is 1.01. The Balaban J connectivity index is 1.29. The maximum absolute atomic E-state index is 2.41. The van der Waals surface area contributed by atoms with Crippen molar-refractivity contribution in [1.82, 2.24) is 9.13 Å². The molecule has 0 aliphatic carbocycles. The van der Waals surface area contributed by atoms with Crippen LogP contribution in [0.25, 0.3) is 96.1 Å². The van der Waals surface area contributed by atoms with E-state index < -0.39 is 0 Å². The molecular weight excluding hydrogens is 525 g/mol. The average Bonchev–Trinajstić information content (AvgIpc) is 3.72. The molecule has 0 spiro atoms. The Kier molecular flexibility index (Phi) is 3.87. The average molecular weight is 547 g/mol. The minimum Gasteiger partial charge on any atom is -0.342 e. The summed E-state index contributed by atoms with van der Waals surface area (Å²) in [4.78, 5) is 0. The summed E-state index contributed by atoms with van der Waals surface area (Å²) < 4.78 is 7.51. The van der Waals surface area contributed by atoms with Gasteiger partial charge in [-0.3, -0.25) is 0 Å². The monoisotopic (exact) mass is 546 g/mol. The Hall–Kier alpha value is -4.38. The van der Waals surface area contributed by atoms with Gasteiger partial charge in [0.25, 0.3) is 0 Å². The number of aromatic nitrogens is 2. The summed E-state index contributed by atoms with van der Waals surface area (Å²) in [7, 11) is 4.45. The van der Waals surface area contributed by atoms with Gasteiger partial charge in [0.1, 0.15) is 0 Å². The Morgan fingerprint density at radius 3 is 1.20 bits per heavy atom. The van der Waals surface area contributed by atoms with E-state index >= 15 is 0 Å². The molecule has 2 nitrogen and oxygen atoms in total. The molecule has 0 saturated heterocycles. The molecule has 0 bridgehead atoms. The van der Waals surface area contributed by atoms with Crippen molar-refractivity contribution in [2.75, 3.05) is 0 Å². The molecule has 0 aliphatic rings. The van der Waals surface area contributed by atoms with Crippen LogP contribution in [-0.2, 0) is 14.1 Å². The van der Waals surface area contributed by atoms with E-state index in [2.05, 4.69) is 119 Å². The highest BCUT2D eigenvalue weighted by Gasteiger charge is 2.19. The third-order valence-corrected chi connectivity index (χ3v) is 10.9. The van der Waals surface area contributed by atoms with Crippen molar-refractivity contribution in [1.29, 1.82) is 0 Å². The highest BCUT2D eigenvalue weighted by Crippen LogP contribution is 2.41. The molecule has 6 aromatic carbocycles. The van der Waals surface area contributed by atoms with Crippen LogP contribution in [0.2, 0.25) is 0 Å². The van der Waals surface area contributed by atoms with E-state index in [4.69, 9.17) is 0 Å². The molecule has 0 N–H and O–H groups in total. The molecule has 0 amide bonds. The number of fused-ring (bicyclic) bond motifs is 11. The van der Waals surface area contributed by atoms with Crippen LogP contribution in [-0.4, -0.2) is 9.13 Å². The molecule has 10 aromatic rings. The summed E-state index contributed by atoms with van der Waals surface area (Å²) >= 11 is 3.63. The highest BCUT2D eigenvalue weighted by molar-refractivity contribution is 7.17. The van der Waals surface area contributed by atoms with Gasteiger partial charge in [-0.25, -0.2) is 0 Å². The van der Waals surface area contributed by atoms with Gasteiger partial charge >= 0.3 is 0 Å². The van der Waals surface area contributed by atoms with E-state index in [-0.39, 0.29) is 0 Å².